The van der Waals surface area contributed by atoms with Gasteiger partial charge in [0.05, 0.1) is 22.4 Å². The molecule has 0 saturated heterocycles. The van der Waals surface area contributed by atoms with Gasteiger partial charge in [-0.3, -0.25) is 0 Å². The molecule has 13 rings (SSSR count). The molecule has 66 heavy (non-hydrogen) atoms. The van der Waals surface area contributed by atoms with Crippen LogP contribution in [-0.2, 0) is 0 Å². The van der Waals surface area contributed by atoms with Gasteiger partial charge in [-0.1, -0.05) is 146 Å². The van der Waals surface area contributed by atoms with E-state index in [4.69, 9.17) is 14.4 Å². The third kappa shape index (κ3) is 6.34. The number of fused-ring (bicyclic) bond motifs is 9. The summed E-state index contributed by atoms with van der Waals surface area (Å²) in [5.41, 5.74) is 16.7. The van der Waals surface area contributed by atoms with Gasteiger partial charge in [0.1, 0.15) is 11.2 Å². The van der Waals surface area contributed by atoms with Crippen LogP contribution in [0.5, 0.6) is 0 Å². The smallest absolute Gasteiger partial charge is 0.161 e. The van der Waals surface area contributed by atoms with Crippen molar-refractivity contribution in [2.45, 2.75) is 32.6 Å². The molecule has 5 heteroatoms. The van der Waals surface area contributed by atoms with Gasteiger partial charge in [-0.2, -0.15) is 0 Å². The lowest BCUT2D eigenvalue weighted by molar-refractivity contribution is 0.669. The molecule has 1 aliphatic heterocycles. The van der Waals surface area contributed by atoms with Crippen molar-refractivity contribution in [3.05, 3.63) is 216 Å². The number of amidine groups is 1. The lowest BCUT2D eigenvalue weighted by Gasteiger charge is -2.14. The molecular formula is C61H43N3OS. The molecule has 0 N–H and O–H groups in total. The molecule has 4 heterocycles. The average molecular weight is 866 g/mol. The third-order valence-electron chi connectivity index (χ3n) is 13.6. The summed E-state index contributed by atoms with van der Waals surface area (Å²) >= 11 is 1.82. The van der Waals surface area contributed by atoms with E-state index in [1.807, 2.05) is 11.3 Å². The van der Waals surface area contributed by atoms with E-state index in [2.05, 4.69) is 206 Å². The first kappa shape index (κ1) is 38.6. The molecular weight excluding hydrogens is 823 g/mol. The summed E-state index contributed by atoms with van der Waals surface area (Å²) in [5, 5.41) is 7.17. The molecule has 0 radical (unpaired) electrons. The van der Waals surface area contributed by atoms with E-state index >= 15 is 0 Å². The van der Waals surface area contributed by atoms with E-state index in [0.29, 0.717) is 6.42 Å². The number of nitrogens with zero attached hydrogens (tertiary/aromatic N) is 3. The Bertz CT molecular complexity index is 3930. The minimum atomic E-state index is 0.667. The highest BCUT2D eigenvalue weighted by atomic mass is 32.1. The monoisotopic (exact) mass is 865 g/mol. The predicted molar refractivity (Wildman–Crippen MR) is 281 cm³/mol. The van der Waals surface area contributed by atoms with E-state index in [1.54, 1.807) is 0 Å². The van der Waals surface area contributed by atoms with Crippen LogP contribution in [0.1, 0.15) is 49.3 Å². The summed E-state index contributed by atoms with van der Waals surface area (Å²) < 4.78 is 11.6. The maximum Gasteiger partial charge on any atom is 0.161 e. The van der Waals surface area contributed by atoms with Crippen LogP contribution >= 0.6 is 11.3 Å². The van der Waals surface area contributed by atoms with E-state index < -0.39 is 0 Å². The fourth-order valence-corrected chi connectivity index (χ4v) is 11.6. The van der Waals surface area contributed by atoms with Crippen molar-refractivity contribution >= 4 is 98.2 Å². The summed E-state index contributed by atoms with van der Waals surface area (Å²) in [6.07, 6.45) is 10.3. The lowest BCUT2D eigenvalue weighted by Crippen LogP contribution is -2.07. The summed E-state index contributed by atoms with van der Waals surface area (Å²) in [4.78, 5) is 11.2. The summed E-state index contributed by atoms with van der Waals surface area (Å²) in [6, 6.07) is 63.6. The second-order valence-electron chi connectivity index (χ2n) is 17.4. The number of rotatable bonds is 7. The Hall–Kier alpha value is -7.86. The van der Waals surface area contributed by atoms with Gasteiger partial charge in [0.25, 0.3) is 0 Å². The number of benzene rings is 8. The highest BCUT2D eigenvalue weighted by molar-refractivity contribution is 7.26. The Morgan fingerprint density at radius 2 is 1.29 bits per heavy atom. The molecule has 0 amide bonds. The fraction of sp³-hybridized carbons (Fsp3) is 0.0820. The SMILES string of the molecule is CCC1=C(c2ccccc2)N=C(c2cccc3c2sc2ccccc23)N=C(c2cccc3oc4ccc(-c5ccc6c7cc(-c8ccccc8)ccc7n(C7=CC=CCC7)c6c5)cc4c23)C1. The van der Waals surface area contributed by atoms with Crippen molar-refractivity contribution < 1.29 is 4.42 Å². The zero-order valence-electron chi connectivity index (χ0n) is 36.5. The second-order valence-corrected chi connectivity index (χ2v) is 18.5. The van der Waals surface area contributed by atoms with E-state index in [0.717, 1.165) is 86.3 Å². The Labute approximate surface area is 386 Å². The van der Waals surface area contributed by atoms with Gasteiger partial charge in [0, 0.05) is 70.5 Å². The van der Waals surface area contributed by atoms with Crippen molar-refractivity contribution in [1.29, 1.82) is 0 Å². The maximum absolute atomic E-state index is 6.70. The number of hydrogen-bond acceptors (Lipinski definition) is 4. The molecule has 8 aromatic carbocycles. The van der Waals surface area contributed by atoms with Crippen molar-refractivity contribution in [3.8, 4) is 22.3 Å². The molecule has 0 unspecified atom stereocenters. The van der Waals surface area contributed by atoms with Crippen molar-refractivity contribution in [2.24, 2.45) is 9.98 Å². The van der Waals surface area contributed by atoms with Crippen LogP contribution in [0.2, 0.25) is 0 Å². The zero-order valence-corrected chi connectivity index (χ0v) is 37.3. The number of aromatic nitrogens is 1. The Balaban J connectivity index is 0.989. The van der Waals surface area contributed by atoms with Crippen molar-refractivity contribution in [3.63, 3.8) is 0 Å². The molecule has 2 aliphatic rings. The normalized spacial score (nSPS) is 14.5. The first-order valence-corrected chi connectivity index (χ1v) is 23.8. The van der Waals surface area contributed by atoms with Gasteiger partial charge >= 0.3 is 0 Å². The van der Waals surface area contributed by atoms with E-state index in [1.165, 1.54) is 64.4 Å². The lowest BCUT2D eigenvalue weighted by atomic mass is 9.93. The Morgan fingerprint density at radius 1 is 0.561 bits per heavy atom. The first-order chi connectivity index (χ1) is 32.7. The summed E-state index contributed by atoms with van der Waals surface area (Å²) in [7, 11) is 0. The largest absolute Gasteiger partial charge is 0.456 e. The van der Waals surface area contributed by atoms with Crippen LogP contribution in [0.4, 0.5) is 0 Å². The molecule has 3 aromatic heterocycles. The third-order valence-corrected chi connectivity index (χ3v) is 14.8. The topological polar surface area (TPSA) is 42.8 Å². The van der Waals surface area contributed by atoms with Crippen LogP contribution in [0.25, 0.3) is 97.6 Å². The molecule has 1 aliphatic carbocycles. The summed E-state index contributed by atoms with van der Waals surface area (Å²) in [6.45, 7) is 2.24. The standard InChI is InChI=1S/C61H43N3OS/c1-2-38-36-52(62-61(63-59(38)40-18-8-4-9-19-40)49-25-14-23-47-46-22-12-13-27-57(46)66-60(47)49)48-24-15-26-56-58(48)51-35-42(30-33-55(51)65-56)43-28-31-45-50-34-41(39-16-6-3-7-17-39)29-32-53(50)64(54(45)37-43)44-20-10-5-11-21-44/h3-10,12-20,22-35,37H,2,11,21,36H2,1H3. The summed E-state index contributed by atoms with van der Waals surface area (Å²) in [5.74, 6) is 0.734. The average Bonchev–Trinajstić information content (AvgIpc) is 4.01. The van der Waals surface area contributed by atoms with Crippen LogP contribution in [0, 0.1) is 0 Å². The number of thiophene rings is 1. The molecule has 0 fully saturated rings. The van der Waals surface area contributed by atoms with Gasteiger partial charge in [-0.25, -0.2) is 9.98 Å². The molecule has 11 aromatic rings. The number of furan rings is 1. The number of aliphatic imine (C=N–C) groups is 2. The minimum absolute atomic E-state index is 0.667. The van der Waals surface area contributed by atoms with Gasteiger partial charge in [0.15, 0.2) is 5.84 Å². The van der Waals surface area contributed by atoms with Crippen LogP contribution in [0.15, 0.2) is 214 Å². The maximum atomic E-state index is 6.70. The molecule has 0 atom stereocenters. The fourth-order valence-electron chi connectivity index (χ4n) is 10.4. The minimum Gasteiger partial charge on any atom is -0.456 e. The highest BCUT2D eigenvalue weighted by Crippen LogP contribution is 2.42. The van der Waals surface area contributed by atoms with Gasteiger partial charge < -0.3 is 8.98 Å². The molecule has 0 spiro atoms. The van der Waals surface area contributed by atoms with E-state index in [-0.39, 0.29) is 0 Å². The first-order valence-electron chi connectivity index (χ1n) is 23.0. The van der Waals surface area contributed by atoms with Crippen molar-refractivity contribution in [1.82, 2.24) is 4.57 Å². The van der Waals surface area contributed by atoms with Crippen LogP contribution in [-0.4, -0.2) is 16.1 Å². The van der Waals surface area contributed by atoms with E-state index in [9.17, 15) is 0 Å². The quantitative estimate of drug-likeness (QED) is 0.157. The van der Waals surface area contributed by atoms with Gasteiger partial charge in [-0.15, -0.1) is 11.3 Å². The molecule has 0 saturated carbocycles. The predicted octanol–water partition coefficient (Wildman–Crippen LogP) is 17.0. The Morgan fingerprint density at radius 3 is 2.14 bits per heavy atom. The number of allylic oxidation sites excluding steroid dienone is 5. The second kappa shape index (κ2) is 15.7. The Kier molecular flexibility index (Phi) is 9.17. The zero-order chi connectivity index (χ0) is 43.7. The molecule has 0 bridgehead atoms. The van der Waals surface area contributed by atoms with Gasteiger partial charge in [-0.05, 0) is 102 Å². The van der Waals surface area contributed by atoms with Crippen LogP contribution < -0.4 is 0 Å². The molecule has 4 nitrogen and oxygen atoms in total. The number of hydrogen-bond donors (Lipinski definition) is 0. The molecule has 314 valence electrons. The van der Waals surface area contributed by atoms with Crippen LogP contribution in [0.3, 0.4) is 0 Å². The van der Waals surface area contributed by atoms with Crippen molar-refractivity contribution in [2.75, 3.05) is 0 Å². The van der Waals surface area contributed by atoms with Gasteiger partial charge in [0.2, 0.25) is 0 Å². The highest BCUT2D eigenvalue weighted by Gasteiger charge is 2.24.